The van der Waals surface area contributed by atoms with Crippen molar-refractivity contribution in [1.29, 1.82) is 0 Å². The molecule has 1 unspecified atom stereocenters. The Morgan fingerprint density at radius 3 is 2.77 bits per heavy atom. The lowest BCUT2D eigenvalue weighted by Gasteiger charge is -2.36. The summed E-state index contributed by atoms with van der Waals surface area (Å²) in [4.78, 5) is 9.55. The van der Waals surface area contributed by atoms with Crippen molar-refractivity contribution in [3.63, 3.8) is 0 Å². The molecule has 1 N–H and O–H groups in total. The molecule has 2 aromatic rings. The highest BCUT2D eigenvalue weighted by Crippen LogP contribution is 2.37. The maximum atomic E-state index is 6.23. The zero-order valence-electron chi connectivity index (χ0n) is 16.2. The fraction of sp³-hybridized carbons (Fsp3) is 0.619. The molecule has 1 saturated heterocycles. The van der Waals surface area contributed by atoms with Gasteiger partial charge < -0.3 is 10.1 Å². The van der Waals surface area contributed by atoms with E-state index < -0.39 is 0 Å². The first-order chi connectivity index (χ1) is 12.4. The molecule has 5 nitrogen and oxygen atoms in total. The first-order valence-electron chi connectivity index (χ1n) is 9.89. The Bertz CT molecular complexity index is 819. The van der Waals surface area contributed by atoms with Crippen LogP contribution in [0.3, 0.4) is 0 Å². The molecule has 5 heteroatoms. The van der Waals surface area contributed by atoms with Crippen molar-refractivity contribution in [2.75, 3.05) is 5.32 Å². The number of hydrogen-bond donors (Lipinski definition) is 1. The minimum Gasteiger partial charge on any atom is -0.372 e. The Labute approximate surface area is 155 Å². The third-order valence-corrected chi connectivity index (χ3v) is 5.67. The molecule has 1 atom stereocenters. The molecule has 3 heterocycles. The number of imidazole rings is 1. The van der Waals surface area contributed by atoms with E-state index >= 15 is 0 Å². The Morgan fingerprint density at radius 2 is 2.08 bits per heavy atom. The second-order valence-corrected chi connectivity index (χ2v) is 8.51. The number of hydrogen-bond acceptors (Lipinski definition) is 4. The van der Waals surface area contributed by atoms with Gasteiger partial charge in [-0.25, -0.2) is 9.97 Å². The van der Waals surface area contributed by atoms with Crippen molar-refractivity contribution in [2.45, 2.75) is 83.5 Å². The third-order valence-electron chi connectivity index (χ3n) is 5.67. The number of nitrogens with zero attached hydrogens (tertiary/aromatic N) is 3. The molecule has 0 radical (unpaired) electrons. The Kier molecular flexibility index (Phi) is 4.51. The number of fused-ring (bicyclic) bond motifs is 1. The zero-order valence-corrected chi connectivity index (χ0v) is 16.2. The maximum absolute atomic E-state index is 6.23. The molecular formula is C21H30N4O. The number of aryl methyl sites for hydroxylation is 1. The highest BCUT2D eigenvalue weighted by molar-refractivity contribution is 5.75. The van der Waals surface area contributed by atoms with Gasteiger partial charge in [0.15, 0.2) is 5.65 Å². The van der Waals surface area contributed by atoms with Gasteiger partial charge >= 0.3 is 0 Å². The quantitative estimate of drug-likeness (QED) is 0.809. The lowest BCUT2D eigenvalue weighted by atomic mass is 9.93. The second kappa shape index (κ2) is 6.69. The summed E-state index contributed by atoms with van der Waals surface area (Å²) in [7, 11) is 0. The number of anilines is 1. The van der Waals surface area contributed by atoms with E-state index in [9.17, 15) is 0 Å². The van der Waals surface area contributed by atoms with Crippen LogP contribution in [-0.2, 0) is 4.74 Å². The normalized spacial score (nSPS) is 23.0. The molecule has 0 spiro atoms. The van der Waals surface area contributed by atoms with E-state index in [1.54, 1.807) is 0 Å². The van der Waals surface area contributed by atoms with E-state index in [1.807, 2.05) is 13.0 Å². The average Bonchev–Trinajstić information content (AvgIpc) is 2.82. The van der Waals surface area contributed by atoms with Crippen molar-refractivity contribution >= 4 is 17.1 Å². The van der Waals surface area contributed by atoms with Crippen LogP contribution in [0.5, 0.6) is 0 Å². The van der Waals surface area contributed by atoms with Crippen molar-refractivity contribution in [3.8, 4) is 0 Å². The number of nitrogens with one attached hydrogen (secondary N) is 1. The van der Waals surface area contributed by atoms with Crippen molar-refractivity contribution in [3.05, 3.63) is 30.1 Å². The topological polar surface area (TPSA) is 52.0 Å². The smallest absolute Gasteiger partial charge is 0.209 e. The molecular weight excluding hydrogens is 324 g/mol. The van der Waals surface area contributed by atoms with Gasteiger partial charge in [0.1, 0.15) is 5.52 Å². The molecule has 1 aliphatic carbocycles. The number of rotatable bonds is 5. The highest BCUT2D eigenvalue weighted by atomic mass is 16.5. The van der Waals surface area contributed by atoms with E-state index in [2.05, 4.69) is 36.4 Å². The minimum absolute atomic E-state index is 0.0241. The average molecular weight is 354 g/mol. The summed E-state index contributed by atoms with van der Waals surface area (Å²) in [6, 6.07) is 4.58. The van der Waals surface area contributed by atoms with Gasteiger partial charge in [0.05, 0.1) is 11.7 Å². The molecule has 0 aromatic carbocycles. The standard InChI is InChI=1S/C21H30N4O/c1-14-10-11-18-19(22-14)25(16-7-5-8-16)20(24-18)23-15(2)13-17-9-6-12-21(3,4)26-17/h10-11,16-17H,2,5-9,12-13H2,1,3-4H3,(H,23,24). The lowest BCUT2D eigenvalue weighted by Crippen LogP contribution is -2.35. The minimum atomic E-state index is -0.0241. The Hall–Kier alpha value is -1.88. The number of pyridine rings is 1. The van der Waals surface area contributed by atoms with Crippen molar-refractivity contribution in [2.24, 2.45) is 0 Å². The SMILES string of the molecule is C=C(CC1CCCC(C)(C)O1)Nc1nc2ccc(C)nc2n1C1CCC1. The van der Waals surface area contributed by atoms with Crippen LogP contribution in [0, 0.1) is 6.92 Å². The van der Waals surface area contributed by atoms with Crippen LogP contribution in [0.4, 0.5) is 5.95 Å². The molecule has 0 bridgehead atoms. The molecule has 0 amide bonds. The summed E-state index contributed by atoms with van der Waals surface area (Å²) in [5, 5.41) is 3.48. The molecule has 4 rings (SSSR count). The predicted molar refractivity (Wildman–Crippen MR) is 105 cm³/mol. The summed E-state index contributed by atoms with van der Waals surface area (Å²) < 4.78 is 8.51. The Balaban J connectivity index is 1.54. The van der Waals surface area contributed by atoms with Crippen LogP contribution in [0.1, 0.15) is 70.5 Å². The van der Waals surface area contributed by atoms with Gasteiger partial charge in [-0.2, -0.15) is 0 Å². The summed E-state index contributed by atoms with van der Waals surface area (Å²) in [6.07, 6.45) is 8.18. The van der Waals surface area contributed by atoms with Crippen LogP contribution in [-0.4, -0.2) is 26.2 Å². The van der Waals surface area contributed by atoms with Gasteiger partial charge in [-0.1, -0.05) is 6.58 Å². The van der Waals surface area contributed by atoms with E-state index in [4.69, 9.17) is 14.7 Å². The van der Waals surface area contributed by atoms with Crippen LogP contribution < -0.4 is 5.32 Å². The summed E-state index contributed by atoms with van der Waals surface area (Å²) in [5.74, 6) is 0.878. The van der Waals surface area contributed by atoms with E-state index in [1.165, 1.54) is 25.7 Å². The largest absolute Gasteiger partial charge is 0.372 e. The van der Waals surface area contributed by atoms with Gasteiger partial charge in [0.25, 0.3) is 0 Å². The van der Waals surface area contributed by atoms with Gasteiger partial charge in [-0.05, 0) is 71.4 Å². The molecule has 2 aliphatic rings. The first-order valence-corrected chi connectivity index (χ1v) is 9.89. The zero-order chi connectivity index (χ0) is 18.3. The number of ether oxygens (including phenoxy) is 1. The number of aromatic nitrogens is 3. The van der Waals surface area contributed by atoms with Crippen LogP contribution >= 0.6 is 0 Å². The van der Waals surface area contributed by atoms with Gasteiger partial charge in [0.2, 0.25) is 5.95 Å². The van der Waals surface area contributed by atoms with E-state index in [-0.39, 0.29) is 11.7 Å². The predicted octanol–water partition coefficient (Wildman–Crippen LogP) is 5.13. The molecule has 1 saturated carbocycles. The van der Waals surface area contributed by atoms with E-state index in [0.717, 1.165) is 47.8 Å². The van der Waals surface area contributed by atoms with E-state index in [0.29, 0.717) is 6.04 Å². The molecule has 2 fully saturated rings. The monoisotopic (exact) mass is 354 g/mol. The molecule has 1 aliphatic heterocycles. The molecule has 26 heavy (non-hydrogen) atoms. The fourth-order valence-corrected chi connectivity index (χ4v) is 4.10. The molecule has 2 aromatic heterocycles. The van der Waals surface area contributed by atoms with Gasteiger partial charge in [-0.15, -0.1) is 0 Å². The van der Waals surface area contributed by atoms with Gasteiger partial charge in [-0.3, -0.25) is 4.57 Å². The van der Waals surface area contributed by atoms with Crippen molar-refractivity contribution in [1.82, 2.24) is 14.5 Å². The summed E-state index contributed by atoms with van der Waals surface area (Å²) in [5.41, 5.74) is 3.92. The summed E-state index contributed by atoms with van der Waals surface area (Å²) >= 11 is 0. The first kappa shape index (κ1) is 17.5. The summed E-state index contributed by atoms with van der Waals surface area (Å²) in [6.45, 7) is 10.7. The van der Waals surface area contributed by atoms with Gasteiger partial charge in [0, 0.05) is 23.9 Å². The lowest BCUT2D eigenvalue weighted by molar-refractivity contribution is -0.105. The van der Waals surface area contributed by atoms with Crippen molar-refractivity contribution < 1.29 is 4.74 Å². The highest BCUT2D eigenvalue weighted by Gasteiger charge is 2.29. The van der Waals surface area contributed by atoms with Crippen LogP contribution in [0.15, 0.2) is 24.4 Å². The maximum Gasteiger partial charge on any atom is 0.209 e. The third kappa shape index (κ3) is 3.50. The second-order valence-electron chi connectivity index (χ2n) is 8.51. The van der Waals surface area contributed by atoms with Crippen LogP contribution in [0.25, 0.3) is 11.2 Å². The van der Waals surface area contributed by atoms with Crippen LogP contribution in [0.2, 0.25) is 0 Å². The Morgan fingerprint density at radius 1 is 1.27 bits per heavy atom. The molecule has 140 valence electrons. The fourth-order valence-electron chi connectivity index (χ4n) is 4.10.